The van der Waals surface area contributed by atoms with Crippen LogP contribution >= 0.6 is 0 Å². The molecule has 3 rings (SSSR count). The average Bonchev–Trinajstić information content (AvgIpc) is 3.12. The topological polar surface area (TPSA) is 83.6 Å². The Labute approximate surface area is 118 Å². The molecule has 6 nitrogen and oxygen atoms in total. The van der Waals surface area contributed by atoms with E-state index in [1.807, 2.05) is 0 Å². The van der Waals surface area contributed by atoms with Gasteiger partial charge in [-0.3, -0.25) is 9.59 Å². The second kappa shape index (κ2) is 3.96. The fourth-order valence-corrected chi connectivity index (χ4v) is 5.60. The lowest BCUT2D eigenvalue weighted by atomic mass is 9.87. The zero-order valence-electron chi connectivity index (χ0n) is 11.8. The number of nitrogens with one attached hydrogen (secondary N) is 1. The quantitative estimate of drug-likeness (QED) is 0.758. The van der Waals surface area contributed by atoms with E-state index >= 15 is 0 Å². The molecule has 0 bridgehead atoms. The Bertz CT molecular complexity index is 583. The molecule has 2 heterocycles. The van der Waals surface area contributed by atoms with Gasteiger partial charge in [-0.2, -0.15) is 0 Å². The fraction of sp³-hybridized carbons (Fsp3) is 0.846. The van der Waals surface area contributed by atoms with Gasteiger partial charge in [0.25, 0.3) is 0 Å². The molecule has 0 aromatic heterocycles. The first kappa shape index (κ1) is 13.9. The lowest BCUT2D eigenvalue weighted by Crippen LogP contribution is -2.70. The summed E-state index contributed by atoms with van der Waals surface area (Å²) < 4.78 is 23.5. The van der Waals surface area contributed by atoms with Crippen LogP contribution in [0.4, 0.5) is 0 Å². The molecular formula is C13H20N2O4S. The van der Waals surface area contributed by atoms with Gasteiger partial charge in [0.1, 0.15) is 12.1 Å². The highest BCUT2D eigenvalue weighted by molar-refractivity contribution is 7.91. The molecular weight excluding hydrogens is 280 g/mol. The van der Waals surface area contributed by atoms with Gasteiger partial charge in [0, 0.05) is 0 Å². The van der Waals surface area contributed by atoms with Gasteiger partial charge in [-0.05, 0) is 39.0 Å². The van der Waals surface area contributed by atoms with Crippen molar-refractivity contribution in [3.63, 3.8) is 0 Å². The molecule has 2 atom stereocenters. The van der Waals surface area contributed by atoms with Crippen molar-refractivity contribution < 1.29 is 18.0 Å². The Balaban J connectivity index is 1.93. The molecule has 112 valence electrons. The first-order valence-corrected chi connectivity index (χ1v) is 8.82. The molecule has 0 radical (unpaired) electrons. The summed E-state index contributed by atoms with van der Waals surface area (Å²) in [7, 11) is -3.11. The van der Waals surface area contributed by atoms with Gasteiger partial charge >= 0.3 is 0 Å². The molecule has 1 aliphatic carbocycles. The second-order valence-electron chi connectivity index (χ2n) is 6.76. The number of nitrogens with zero attached hydrogens (tertiary/aromatic N) is 1. The third kappa shape index (κ3) is 2.03. The zero-order chi connectivity index (χ0) is 14.8. The van der Waals surface area contributed by atoms with Crippen molar-refractivity contribution >= 4 is 21.7 Å². The van der Waals surface area contributed by atoms with E-state index in [0.29, 0.717) is 6.42 Å². The van der Waals surface area contributed by atoms with Gasteiger partial charge < -0.3 is 10.2 Å². The fourth-order valence-electron chi connectivity index (χ4n) is 3.46. The predicted molar refractivity (Wildman–Crippen MR) is 72.7 cm³/mol. The maximum atomic E-state index is 12.8. The molecule has 0 aromatic carbocycles. The molecule has 0 aromatic rings. The Kier molecular flexibility index (Phi) is 2.74. The van der Waals surface area contributed by atoms with Crippen LogP contribution < -0.4 is 5.32 Å². The van der Waals surface area contributed by atoms with Crippen LogP contribution in [0.2, 0.25) is 0 Å². The van der Waals surface area contributed by atoms with E-state index in [1.54, 1.807) is 13.8 Å². The Hall–Kier alpha value is -1.11. The van der Waals surface area contributed by atoms with Crippen molar-refractivity contribution in [1.29, 1.82) is 0 Å². The van der Waals surface area contributed by atoms with Gasteiger partial charge in [0.05, 0.1) is 17.0 Å². The van der Waals surface area contributed by atoms with E-state index in [4.69, 9.17) is 0 Å². The molecule has 2 amide bonds. The van der Waals surface area contributed by atoms with Gasteiger partial charge in [-0.25, -0.2) is 8.42 Å². The van der Waals surface area contributed by atoms with Crippen molar-refractivity contribution in [3.8, 4) is 0 Å². The van der Waals surface area contributed by atoms with E-state index < -0.39 is 20.9 Å². The van der Waals surface area contributed by atoms with E-state index in [-0.39, 0.29) is 35.8 Å². The Morgan fingerprint density at radius 1 is 1.25 bits per heavy atom. The number of carbonyl (C=O) groups is 2. The van der Waals surface area contributed by atoms with E-state index in [9.17, 15) is 18.0 Å². The third-order valence-electron chi connectivity index (χ3n) is 4.92. The molecule has 1 N–H and O–H groups in total. The van der Waals surface area contributed by atoms with Crippen LogP contribution in [-0.2, 0) is 19.4 Å². The number of hydrogen-bond donors (Lipinski definition) is 1. The molecule has 3 aliphatic rings. The van der Waals surface area contributed by atoms with Crippen LogP contribution in [0.1, 0.15) is 33.1 Å². The summed E-state index contributed by atoms with van der Waals surface area (Å²) in [5.74, 6) is -0.0819. The molecule has 7 heteroatoms. The maximum Gasteiger partial charge on any atom is 0.249 e. The number of hydrogen-bond acceptors (Lipinski definition) is 4. The minimum atomic E-state index is -3.11. The molecule has 2 aliphatic heterocycles. The summed E-state index contributed by atoms with van der Waals surface area (Å²) in [6.07, 6.45) is 2.28. The van der Waals surface area contributed by atoms with Crippen LogP contribution in [0, 0.1) is 5.92 Å². The third-order valence-corrected chi connectivity index (χ3v) is 6.81. The van der Waals surface area contributed by atoms with Crippen molar-refractivity contribution in [1.82, 2.24) is 10.2 Å². The molecule has 20 heavy (non-hydrogen) atoms. The standard InChI is InChI=1S/C13H20N2O4S/c1-12(5-6-20(18,19)8-12)15-7-10(16)14-13(2,11(15)17)9-3-4-9/h9H,3-8H2,1-2H3,(H,14,16). The minimum Gasteiger partial charge on any atom is -0.340 e. The summed E-state index contributed by atoms with van der Waals surface area (Å²) in [6.45, 7) is 3.51. The van der Waals surface area contributed by atoms with Crippen LogP contribution in [0.25, 0.3) is 0 Å². The van der Waals surface area contributed by atoms with Crippen molar-refractivity contribution in [2.45, 2.75) is 44.2 Å². The summed E-state index contributed by atoms with van der Waals surface area (Å²) in [4.78, 5) is 26.3. The maximum absolute atomic E-state index is 12.8. The molecule has 0 spiro atoms. The summed E-state index contributed by atoms with van der Waals surface area (Å²) in [5.41, 5.74) is -1.60. The highest BCUT2D eigenvalue weighted by Crippen LogP contribution is 2.43. The zero-order valence-corrected chi connectivity index (χ0v) is 12.6. The summed E-state index contributed by atoms with van der Waals surface area (Å²) >= 11 is 0. The highest BCUT2D eigenvalue weighted by Gasteiger charge is 2.57. The van der Waals surface area contributed by atoms with Gasteiger partial charge in [0.2, 0.25) is 11.8 Å². The van der Waals surface area contributed by atoms with E-state index in [0.717, 1.165) is 12.8 Å². The summed E-state index contributed by atoms with van der Waals surface area (Å²) in [5, 5.41) is 2.82. The van der Waals surface area contributed by atoms with Crippen molar-refractivity contribution in [2.75, 3.05) is 18.1 Å². The number of rotatable bonds is 2. The van der Waals surface area contributed by atoms with Crippen molar-refractivity contribution in [3.05, 3.63) is 0 Å². The van der Waals surface area contributed by atoms with Gasteiger partial charge in [-0.15, -0.1) is 0 Å². The largest absolute Gasteiger partial charge is 0.340 e. The summed E-state index contributed by atoms with van der Waals surface area (Å²) in [6, 6.07) is 0. The first-order valence-electron chi connectivity index (χ1n) is 7.00. The number of amides is 2. The number of sulfone groups is 1. The Morgan fingerprint density at radius 2 is 1.90 bits per heavy atom. The average molecular weight is 300 g/mol. The minimum absolute atomic E-state index is 0.0346. The lowest BCUT2D eigenvalue weighted by Gasteiger charge is -2.46. The van der Waals surface area contributed by atoms with Gasteiger partial charge in [0.15, 0.2) is 9.84 Å². The van der Waals surface area contributed by atoms with Crippen LogP contribution in [0.5, 0.6) is 0 Å². The highest BCUT2D eigenvalue weighted by atomic mass is 32.2. The molecule has 2 saturated heterocycles. The molecule has 2 unspecified atom stereocenters. The predicted octanol–water partition coefficient (Wildman–Crippen LogP) is -0.309. The normalized spacial score (nSPS) is 40.8. The van der Waals surface area contributed by atoms with E-state index in [2.05, 4.69) is 5.32 Å². The monoisotopic (exact) mass is 300 g/mol. The smallest absolute Gasteiger partial charge is 0.249 e. The Morgan fingerprint density at radius 3 is 2.40 bits per heavy atom. The van der Waals surface area contributed by atoms with E-state index in [1.165, 1.54) is 4.90 Å². The van der Waals surface area contributed by atoms with Crippen LogP contribution in [0.15, 0.2) is 0 Å². The number of piperazine rings is 1. The van der Waals surface area contributed by atoms with Crippen molar-refractivity contribution in [2.24, 2.45) is 5.92 Å². The first-order chi connectivity index (χ1) is 9.16. The molecule has 1 saturated carbocycles. The number of carbonyl (C=O) groups excluding carboxylic acids is 2. The molecule has 3 fully saturated rings. The lowest BCUT2D eigenvalue weighted by molar-refractivity contribution is -0.155. The second-order valence-corrected chi connectivity index (χ2v) is 8.94. The van der Waals surface area contributed by atoms with Crippen LogP contribution in [0.3, 0.4) is 0 Å². The van der Waals surface area contributed by atoms with Gasteiger partial charge in [-0.1, -0.05) is 0 Å². The SMILES string of the molecule is CC1(C2CC2)NC(=O)CN(C2(C)CCS(=O)(=O)C2)C1=O. The van der Waals surface area contributed by atoms with Crippen LogP contribution in [-0.4, -0.2) is 54.3 Å².